The molecular weight excluding hydrogens is 555 g/mol. The van der Waals surface area contributed by atoms with E-state index >= 15 is 0 Å². The highest BCUT2D eigenvalue weighted by Gasteiger charge is 2.25. The van der Waals surface area contributed by atoms with E-state index in [-0.39, 0.29) is 23.1 Å². The van der Waals surface area contributed by atoms with Crippen molar-refractivity contribution in [3.8, 4) is 0 Å². The van der Waals surface area contributed by atoms with Crippen LogP contribution in [0.25, 0.3) is 0 Å². The molecule has 0 aliphatic carbocycles. The summed E-state index contributed by atoms with van der Waals surface area (Å²) in [6.07, 6.45) is 1.50. The van der Waals surface area contributed by atoms with Gasteiger partial charge in [0.2, 0.25) is 0 Å². The van der Waals surface area contributed by atoms with E-state index in [2.05, 4.69) is 15.5 Å². The van der Waals surface area contributed by atoms with E-state index in [4.69, 9.17) is 0 Å². The van der Waals surface area contributed by atoms with Crippen LogP contribution in [0.15, 0.2) is 66.7 Å². The smallest absolute Gasteiger partial charge is 0.269 e. The molecule has 2 aliphatic heterocycles. The quantitative estimate of drug-likeness (QED) is 0.331. The Hall–Kier alpha value is -4.84. The van der Waals surface area contributed by atoms with E-state index in [0.29, 0.717) is 74.7 Å². The first kappa shape index (κ1) is 29.6. The fraction of sp³-hybridized carbons (Fsp3) is 0.323. The van der Waals surface area contributed by atoms with E-state index in [0.717, 1.165) is 13.0 Å². The molecule has 0 atom stereocenters. The lowest BCUT2D eigenvalue weighted by atomic mass is 10.1. The zero-order valence-electron chi connectivity index (χ0n) is 23.6. The molecule has 224 valence electrons. The average Bonchev–Trinajstić information content (AvgIpc) is 3.45. The number of amides is 3. The number of benzene rings is 3. The Labute approximate surface area is 248 Å². The molecule has 11 nitrogen and oxygen atoms in total. The predicted molar refractivity (Wildman–Crippen MR) is 160 cm³/mol. The molecule has 0 spiro atoms. The van der Waals surface area contributed by atoms with Crippen molar-refractivity contribution in [2.75, 3.05) is 62.6 Å². The van der Waals surface area contributed by atoms with Crippen molar-refractivity contribution in [1.82, 2.24) is 15.1 Å². The van der Waals surface area contributed by atoms with Gasteiger partial charge in [-0.2, -0.15) is 0 Å². The maximum Gasteiger partial charge on any atom is 0.269 e. The van der Waals surface area contributed by atoms with Crippen LogP contribution in [0.4, 0.5) is 21.5 Å². The van der Waals surface area contributed by atoms with Crippen LogP contribution < -0.4 is 15.5 Å². The molecule has 5 rings (SSSR count). The Kier molecular flexibility index (Phi) is 9.26. The Morgan fingerprint density at radius 1 is 0.744 bits per heavy atom. The zero-order valence-corrected chi connectivity index (χ0v) is 23.6. The SMILES string of the molecule is O=C(Nc1cc(C(=O)N2CCCNCC2)ccc1N1CCCN(C(=O)c2ccc(F)cc2)CC1)c1ccc([N+](=O)[O-])cc1. The second-order valence-corrected chi connectivity index (χ2v) is 10.5. The van der Waals surface area contributed by atoms with Gasteiger partial charge in [-0.05, 0) is 74.0 Å². The number of halogens is 1. The predicted octanol–water partition coefficient (Wildman–Crippen LogP) is 3.77. The lowest BCUT2D eigenvalue weighted by molar-refractivity contribution is -0.384. The van der Waals surface area contributed by atoms with Crippen molar-refractivity contribution in [3.63, 3.8) is 0 Å². The summed E-state index contributed by atoms with van der Waals surface area (Å²) in [5, 5.41) is 17.3. The molecule has 0 aromatic heterocycles. The normalized spacial score (nSPS) is 15.8. The van der Waals surface area contributed by atoms with Crippen LogP contribution in [-0.2, 0) is 0 Å². The number of nitrogens with one attached hydrogen (secondary N) is 2. The van der Waals surface area contributed by atoms with E-state index in [1.807, 2.05) is 6.07 Å². The summed E-state index contributed by atoms with van der Waals surface area (Å²) in [7, 11) is 0. The molecule has 2 aliphatic rings. The standard InChI is InChI=1S/C31H33FN6O5/c32-25-8-3-23(4-9-25)30(40)37-17-2-16-35(19-20-37)28-12-7-24(31(41)36-15-1-13-33-14-18-36)21-27(28)34-29(39)22-5-10-26(11-6-22)38(42)43/h3-12,21,33H,1-2,13-20H2,(H,34,39). The van der Waals surface area contributed by atoms with Crippen LogP contribution in [0.5, 0.6) is 0 Å². The molecule has 0 unspecified atom stereocenters. The van der Waals surface area contributed by atoms with Crippen molar-refractivity contribution in [2.45, 2.75) is 12.8 Å². The molecule has 3 aromatic carbocycles. The Balaban J connectivity index is 1.39. The molecule has 3 amide bonds. The second kappa shape index (κ2) is 13.4. The fourth-order valence-corrected chi connectivity index (χ4v) is 5.34. The van der Waals surface area contributed by atoms with Crippen LogP contribution in [0, 0.1) is 15.9 Å². The van der Waals surface area contributed by atoms with Crippen LogP contribution in [0.1, 0.15) is 43.9 Å². The number of anilines is 2. The lowest BCUT2D eigenvalue weighted by Gasteiger charge is -2.27. The first-order valence-electron chi connectivity index (χ1n) is 14.3. The van der Waals surface area contributed by atoms with Crippen LogP contribution in [0.3, 0.4) is 0 Å². The summed E-state index contributed by atoms with van der Waals surface area (Å²) in [5.74, 6) is -1.19. The highest BCUT2D eigenvalue weighted by Crippen LogP contribution is 2.30. The first-order valence-corrected chi connectivity index (χ1v) is 14.3. The molecule has 2 N–H and O–H groups in total. The fourth-order valence-electron chi connectivity index (χ4n) is 5.34. The zero-order chi connectivity index (χ0) is 30.3. The van der Waals surface area contributed by atoms with Crippen molar-refractivity contribution < 1.29 is 23.7 Å². The Morgan fingerprint density at radius 2 is 1.40 bits per heavy atom. The van der Waals surface area contributed by atoms with Crippen molar-refractivity contribution in [3.05, 3.63) is 99.4 Å². The van der Waals surface area contributed by atoms with E-state index in [9.17, 15) is 28.9 Å². The monoisotopic (exact) mass is 588 g/mol. The van der Waals surface area contributed by atoms with Gasteiger partial charge in [-0.3, -0.25) is 24.5 Å². The van der Waals surface area contributed by atoms with Gasteiger partial charge in [-0.15, -0.1) is 0 Å². The number of hydrogen-bond donors (Lipinski definition) is 2. The highest BCUT2D eigenvalue weighted by molar-refractivity contribution is 6.07. The van der Waals surface area contributed by atoms with Gasteiger partial charge in [0.15, 0.2) is 0 Å². The number of nitro groups is 1. The number of nitrogens with zero attached hydrogens (tertiary/aromatic N) is 4. The van der Waals surface area contributed by atoms with E-state index in [1.54, 1.807) is 21.9 Å². The largest absolute Gasteiger partial charge is 0.368 e. The van der Waals surface area contributed by atoms with Gasteiger partial charge in [0.05, 0.1) is 16.3 Å². The summed E-state index contributed by atoms with van der Waals surface area (Å²) in [6.45, 7) is 4.74. The summed E-state index contributed by atoms with van der Waals surface area (Å²) >= 11 is 0. The maximum absolute atomic E-state index is 13.4. The van der Waals surface area contributed by atoms with Crippen molar-refractivity contribution in [1.29, 1.82) is 0 Å². The minimum absolute atomic E-state index is 0.124. The summed E-state index contributed by atoms with van der Waals surface area (Å²) < 4.78 is 13.4. The molecular formula is C31H33FN6O5. The maximum atomic E-state index is 13.4. The number of non-ortho nitro benzene ring substituents is 1. The van der Waals surface area contributed by atoms with Gasteiger partial charge in [0.1, 0.15) is 5.82 Å². The summed E-state index contributed by atoms with van der Waals surface area (Å²) in [4.78, 5) is 55.9. The van der Waals surface area contributed by atoms with Gasteiger partial charge in [0, 0.05) is 74.6 Å². The number of hydrogen-bond acceptors (Lipinski definition) is 7. The van der Waals surface area contributed by atoms with Crippen molar-refractivity contribution in [2.24, 2.45) is 0 Å². The minimum atomic E-state index is -0.531. The van der Waals surface area contributed by atoms with Crippen molar-refractivity contribution >= 4 is 34.8 Å². The van der Waals surface area contributed by atoms with Crippen LogP contribution >= 0.6 is 0 Å². The van der Waals surface area contributed by atoms with Gasteiger partial charge < -0.3 is 25.3 Å². The molecule has 0 radical (unpaired) electrons. The third-order valence-corrected chi connectivity index (χ3v) is 7.67. The Morgan fingerprint density at radius 3 is 2.14 bits per heavy atom. The van der Waals surface area contributed by atoms with Gasteiger partial charge in [-0.1, -0.05) is 0 Å². The lowest BCUT2D eigenvalue weighted by Crippen LogP contribution is -2.35. The van der Waals surface area contributed by atoms with Crippen LogP contribution in [-0.4, -0.2) is 84.8 Å². The molecule has 2 heterocycles. The minimum Gasteiger partial charge on any atom is -0.368 e. The van der Waals surface area contributed by atoms with Gasteiger partial charge in [-0.25, -0.2) is 4.39 Å². The van der Waals surface area contributed by atoms with E-state index in [1.165, 1.54) is 48.5 Å². The summed E-state index contributed by atoms with van der Waals surface area (Å²) in [6, 6.07) is 16.0. The molecule has 0 bridgehead atoms. The third kappa shape index (κ3) is 7.15. The second-order valence-electron chi connectivity index (χ2n) is 10.5. The average molecular weight is 589 g/mol. The third-order valence-electron chi connectivity index (χ3n) is 7.67. The molecule has 0 saturated carbocycles. The molecule has 2 saturated heterocycles. The van der Waals surface area contributed by atoms with Crippen LogP contribution in [0.2, 0.25) is 0 Å². The molecule has 3 aromatic rings. The number of carbonyl (C=O) groups excluding carboxylic acids is 3. The van der Waals surface area contributed by atoms with Gasteiger partial charge >= 0.3 is 0 Å². The van der Waals surface area contributed by atoms with Gasteiger partial charge in [0.25, 0.3) is 23.4 Å². The topological polar surface area (TPSA) is 128 Å². The Bertz CT molecular complexity index is 1490. The first-order chi connectivity index (χ1) is 20.8. The number of nitro benzene ring substituents is 1. The number of carbonyl (C=O) groups is 3. The van der Waals surface area contributed by atoms with E-state index < -0.39 is 16.6 Å². The molecule has 43 heavy (non-hydrogen) atoms. The highest BCUT2D eigenvalue weighted by atomic mass is 19.1. The molecule has 12 heteroatoms. The summed E-state index contributed by atoms with van der Waals surface area (Å²) in [5.41, 5.74) is 2.09. The number of rotatable bonds is 6. The molecule has 2 fully saturated rings.